The van der Waals surface area contributed by atoms with Crippen molar-refractivity contribution in [3.63, 3.8) is 0 Å². The average Bonchev–Trinajstić information content (AvgIpc) is 2.84. The zero-order chi connectivity index (χ0) is 23.1. The Bertz CT molecular complexity index is 1110. The Labute approximate surface area is 197 Å². The van der Waals surface area contributed by atoms with Crippen molar-refractivity contribution in [3.05, 3.63) is 89.4 Å². The Morgan fingerprint density at radius 3 is 2.36 bits per heavy atom. The van der Waals surface area contributed by atoms with Gasteiger partial charge in [-0.3, -0.25) is 9.59 Å². The molecule has 0 radical (unpaired) electrons. The summed E-state index contributed by atoms with van der Waals surface area (Å²) in [5, 5.41) is 6.39. The van der Waals surface area contributed by atoms with Gasteiger partial charge in [0, 0.05) is 35.7 Å². The van der Waals surface area contributed by atoms with E-state index in [0.717, 1.165) is 5.56 Å². The molecule has 3 aromatic rings. The van der Waals surface area contributed by atoms with Crippen molar-refractivity contribution in [2.45, 2.75) is 18.3 Å². The second kappa shape index (κ2) is 10.5. The number of benzene rings is 3. The minimum Gasteiger partial charge on any atom is -0.484 e. The van der Waals surface area contributed by atoms with Crippen LogP contribution in [0.3, 0.4) is 0 Å². The number of halogens is 1. The monoisotopic (exact) mass is 464 g/mol. The zero-order valence-corrected chi connectivity index (χ0v) is 18.8. The van der Waals surface area contributed by atoms with Crippen LogP contribution in [0.15, 0.2) is 78.9 Å². The highest BCUT2D eigenvalue weighted by Crippen LogP contribution is 2.37. The molecule has 0 spiro atoms. The summed E-state index contributed by atoms with van der Waals surface area (Å²) in [4.78, 5) is 25.6. The number of hydrogen-bond acceptors (Lipinski definition) is 4. The molecule has 0 bridgehead atoms. The molecule has 0 unspecified atom stereocenters. The fourth-order valence-electron chi connectivity index (χ4n) is 3.93. The van der Waals surface area contributed by atoms with Crippen LogP contribution in [0.25, 0.3) is 0 Å². The van der Waals surface area contributed by atoms with Crippen LogP contribution in [0, 0.1) is 0 Å². The van der Waals surface area contributed by atoms with Crippen molar-refractivity contribution < 1.29 is 19.1 Å². The zero-order valence-electron chi connectivity index (χ0n) is 18.1. The van der Waals surface area contributed by atoms with Gasteiger partial charge in [0.05, 0.1) is 5.41 Å². The fraction of sp³-hybridized carbons (Fsp3) is 0.231. The van der Waals surface area contributed by atoms with E-state index in [1.807, 2.05) is 36.4 Å². The molecule has 2 amide bonds. The third-order valence-corrected chi connectivity index (χ3v) is 5.91. The second-order valence-corrected chi connectivity index (χ2v) is 8.33. The molecule has 0 saturated carbocycles. The third kappa shape index (κ3) is 5.72. The molecule has 7 heteroatoms. The van der Waals surface area contributed by atoms with Gasteiger partial charge in [0.15, 0.2) is 6.61 Å². The van der Waals surface area contributed by atoms with E-state index in [0.29, 0.717) is 48.2 Å². The lowest BCUT2D eigenvalue weighted by atomic mass is 9.73. The number of rotatable bonds is 7. The first-order valence-electron chi connectivity index (χ1n) is 10.8. The van der Waals surface area contributed by atoms with Crippen molar-refractivity contribution in [2.24, 2.45) is 0 Å². The Kier molecular flexibility index (Phi) is 7.27. The molecule has 33 heavy (non-hydrogen) atoms. The predicted molar refractivity (Wildman–Crippen MR) is 129 cm³/mol. The van der Waals surface area contributed by atoms with Crippen LogP contribution in [-0.4, -0.2) is 31.6 Å². The second-order valence-electron chi connectivity index (χ2n) is 7.89. The number of hydrogen-bond donors (Lipinski definition) is 2. The van der Waals surface area contributed by atoms with E-state index in [4.69, 9.17) is 21.1 Å². The van der Waals surface area contributed by atoms with Crippen LogP contribution < -0.4 is 15.4 Å². The summed E-state index contributed by atoms with van der Waals surface area (Å²) in [6.07, 6.45) is 1.13. The number of carbonyl (C=O) groups is 2. The van der Waals surface area contributed by atoms with E-state index in [1.54, 1.807) is 42.5 Å². The summed E-state index contributed by atoms with van der Waals surface area (Å²) in [5.41, 5.74) is 1.44. The van der Waals surface area contributed by atoms with E-state index in [9.17, 15) is 9.59 Å². The van der Waals surface area contributed by atoms with Gasteiger partial charge in [0.2, 0.25) is 5.91 Å². The van der Waals surface area contributed by atoms with Gasteiger partial charge in [-0.05, 0) is 54.8 Å². The lowest BCUT2D eigenvalue weighted by molar-refractivity contribution is -0.125. The molecule has 0 aliphatic carbocycles. The van der Waals surface area contributed by atoms with Crippen LogP contribution in [0.1, 0.15) is 18.4 Å². The highest BCUT2D eigenvalue weighted by molar-refractivity contribution is 6.30. The molecule has 1 aliphatic heterocycles. The molecule has 0 atom stereocenters. The quantitative estimate of drug-likeness (QED) is 0.513. The standard InChI is InChI=1S/C26H25ClN2O4/c27-20-7-4-6-19(16-20)26(12-14-32-15-13-26)25(31)29-22-10-5-11-23(17-22)33-18-24(30)28-21-8-2-1-3-9-21/h1-11,16-17H,12-15,18H2,(H,28,30)(H,29,31). The molecule has 3 aromatic carbocycles. The molecular weight excluding hydrogens is 440 g/mol. The van der Waals surface area contributed by atoms with Gasteiger partial charge in [-0.25, -0.2) is 0 Å². The van der Waals surface area contributed by atoms with Crippen LogP contribution in [0.2, 0.25) is 5.02 Å². The molecule has 4 rings (SSSR count). The Hall–Kier alpha value is -3.35. The van der Waals surface area contributed by atoms with E-state index in [1.165, 1.54) is 0 Å². The number of carbonyl (C=O) groups excluding carboxylic acids is 2. The van der Waals surface area contributed by atoms with Gasteiger partial charge >= 0.3 is 0 Å². The minimum atomic E-state index is -0.727. The molecular formula is C26H25ClN2O4. The summed E-state index contributed by atoms with van der Waals surface area (Å²) in [6.45, 7) is 0.856. The van der Waals surface area contributed by atoms with Crippen molar-refractivity contribution in [2.75, 3.05) is 30.5 Å². The van der Waals surface area contributed by atoms with Gasteiger partial charge in [-0.15, -0.1) is 0 Å². The van der Waals surface area contributed by atoms with Gasteiger partial charge in [0.25, 0.3) is 5.91 Å². The lowest BCUT2D eigenvalue weighted by Gasteiger charge is -2.36. The van der Waals surface area contributed by atoms with Crippen molar-refractivity contribution in [3.8, 4) is 5.75 Å². The normalized spacial score (nSPS) is 14.8. The summed E-state index contributed by atoms with van der Waals surface area (Å²) < 4.78 is 11.2. The maximum Gasteiger partial charge on any atom is 0.262 e. The van der Waals surface area contributed by atoms with Gasteiger partial charge in [-0.1, -0.05) is 48.0 Å². The molecule has 170 valence electrons. The summed E-state index contributed by atoms with van der Waals surface area (Å²) >= 11 is 6.21. The molecule has 0 aromatic heterocycles. The molecule has 1 heterocycles. The van der Waals surface area contributed by atoms with Crippen LogP contribution in [-0.2, 0) is 19.7 Å². The summed E-state index contributed by atoms with van der Waals surface area (Å²) in [5.74, 6) is 0.101. The van der Waals surface area contributed by atoms with E-state index in [-0.39, 0.29) is 18.4 Å². The maximum absolute atomic E-state index is 13.5. The van der Waals surface area contributed by atoms with Crippen molar-refractivity contribution >= 4 is 34.8 Å². The minimum absolute atomic E-state index is 0.118. The Morgan fingerprint density at radius 2 is 1.61 bits per heavy atom. The summed E-state index contributed by atoms with van der Waals surface area (Å²) in [7, 11) is 0. The first-order chi connectivity index (χ1) is 16.0. The van der Waals surface area contributed by atoms with Gasteiger partial charge in [-0.2, -0.15) is 0 Å². The number of amides is 2. The first kappa shape index (κ1) is 22.8. The molecule has 1 aliphatic rings. The highest BCUT2D eigenvalue weighted by Gasteiger charge is 2.41. The first-order valence-corrected chi connectivity index (χ1v) is 11.2. The van der Waals surface area contributed by atoms with Crippen LogP contribution >= 0.6 is 11.6 Å². The SMILES string of the molecule is O=C(COc1cccc(NC(=O)C2(c3cccc(Cl)c3)CCOCC2)c1)Nc1ccccc1. The summed E-state index contributed by atoms with van der Waals surface area (Å²) in [6, 6.07) is 23.6. The molecule has 6 nitrogen and oxygen atoms in total. The highest BCUT2D eigenvalue weighted by atomic mass is 35.5. The van der Waals surface area contributed by atoms with Gasteiger partial charge < -0.3 is 20.1 Å². The Balaban J connectivity index is 1.43. The van der Waals surface area contributed by atoms with E-state index in [2.05, 4.69) is 10.6 Å². The predicted octanol–water partition coefficient (Wildman–Crippen LogP) is 5.04. The van der Waals surface area contributed by atoms with Crippen LogP contribution in [0.4, 0.5) is 11.4 Å². The Morgan fingerprint density at radius 1 is 0.879 bits per heavy atom. The molecule has 2 N–H and O–H groups in total. The number of para-hydroxylation sites is 1. The topological polar surface area (TPSA) is 76.7 Å². The molecule has 1 saturated heterocycles. The fourth-order valence-corrected chi connectivity index (χ4v) is 4.12. The lowest BCUT2D eigenvalue weighted by Crippen LogP contribution is -2.44. The maximum atomic E-state index is 13.5. The van der Waals surface area contributed by atoms with Gasteiger partial charge in [0.1, 0.15) is 5.75 Å². The largest absolute Gasteiger partial charge is 0.484 e. The smallest absolute Gasteiger partial charge is 0.262 e. The average molecular weight is 465 g/mol. The number of nitrogens with one attached hydrogen (secondary N) is 2. The van der Waals surface area contributed by atoms with Crippen LogP contribution in [0.5, 0.6) is 5.75 Å². The van der Waals surface area contributed by atoms with Crippen molar-refractivity contribution in [1.29, 1.82) is 0 Å². The third-order valence-electron chi connectivity index (χ3n) is 5.68. The van der Waals surface area contributed by atoms with E-state index >= 15 is 0 Å². The van der Waals surface area contributed by atoms with Crippen molar-refractivity contribution in [1.82, 2.24) is 0 Å². The number of anilines is 2. The van der Waals surface area contributed by atoms with E-state index < -0.39 is 5.41 Å². The number of ether oxygens (including phenoxy) is 2. The molecule has 1 fully saturated rings.